The van der Waals surface area contributed by atoms with E-state index in [1.54, 1.807) is 18.2 Å². The maximum Gasteiger partial charge on any atom is 0.249 e. The highest BCUT2D eigenvalue weighted by Crippen LogP contribution is 2.24. The molecule has 0 aliphatic carbocycles. The first-order valence-corrected chi connectivity index (χ1v) is 8.61. The van der Waals surface area contributed by atoms with Gasteiger partial charge in [0.05, 0.1) is 11.9 Å². The van der Waals surface area contributed by atoms with Crippen LogP contribution >= 0.6 is 0 Å². The van der Waals surface area contributed by atoms with Gasteiger partial charge in [-0.05, 0) is 49.2 Å². The van der Waals surface area contributed by atoms with Crippen molar-refractivity contribution >= 4 is 28.8 Å². The van der Waals surface area contributed by atoms with Crippen molar-refractivity contribution in [1.29, 1.82) is 0 Å². The zero-order chi connectivity index (χ0) is 17.8. The molecule has 2 aromatic carbocycles. The maximum absolute atomic E-state index is 13.7. The van der Waals surface area contributed by atoms with Gasteiger partial charge in [0, 0.05) is 24.5 Å². The first-order chi connectivity index (χ1) is 12.8. The second kappa shape index (κ2) is 7.35. The molecule has 1 saturated heterocycles. The fraction of sp³-hybridized carbons (Fsp3) is 0.211. The number of nitrogens with zero attached hydrogens (tertiary/aromatic N) is 4. The Morgan fingerprint density at radius 2 is 1.69 bits per heavy atom. The molecule has 2 N–H and O–H groups in total. The monoisotopic (exact) mass is 350 g/mol. The van der Waals surface area contributed by atoms with Gasteiger partial charge in [0.15, 0.2) is 5.82 Å². The first kappa shape index (κ1) is 16.3. The third kappa shape index (κ3) is 3.72. The van der Waals surface area contributed by atoms with E-state index in [4.69, 9.17) is 0 Å². The molecule has 0 bridgehead atoms. The van der Waals surface area contributed by atoms with Crippen LogP contribution in [0.1, 0.15) is 12.8 Å². The molecule has 1 fully saturated rings. The number of nitrogens with one attached hydrogen (secondary N) is 2. The van der Waals surface area contributed by atoms with Crippen molar-refractivity contribution in [1.82, 2.24) is 15.2 Å². The van der Waals surface area contributed by atoms with Gasteiger partial charge in [0.2, 0.25) is 5.95 Å². The summed E-state index contributed by atoms with van der Waals surface area (Å²) < 4.78 is 13.7. The molecular formula is C19H19FN6. The first-order valence-electron chi connectivity index (χ1n) is 8.61. The number of benzene rings is 2. The molecule has 2 heterocycles. The summed E-state index contributed by atoms with van der Waals surface area (Å²) >= 11 is 0. The smallest absolute Gasteiger partial charge is 0.249 e. The van der Waals surface area contributed by atoms with E-state index in [0.29, 0.717) is 11.5 Å². The number of para-hydroxylation sites is 1. The van der Waals surface area contributed by atoms with Crippen LogP contribution in [0.25, 0.3) is 0 Å². The van der Waals surface area contributed by atoms with Crippen molar-refractivity contribution in [3.8, 4) is 0 Å². The van der Waals surface area contributed by atoms with Crippen LogP contribution in [-0.4, -0.2) is 28.3 Å². The Bertz CT molecular complexity index is 877. The number of hydrogen-bond acceptors (Lipinski definition) is 6. The lowest BCUT2D eigenvalue weighted by atomic mass is 10.2. The molecule has 1 aliphatic rings. The second-order valence-corrected chi connectivity index (χ2v) is 6.14. The fourth-order valence-corrected chi connectivity index (χ4v) is 2.98. The Morgan fingerprint density at radius 3 is 2.46 bits per heavy atom. The standard InChI is InChI=1S/C19H19FN6/c20-16-5-1-2-6-17(16)23-19-24-18(13-21-25-19)22-14-7-9-15(10-8-14)26-11-3-4-12-26/h1-2,5-10,13H,3-4,11-12H2,(H2,22,23,24,25). The zero-order valence-electron chi connectivity index (χ0n) is 14.2. The molecule has 7 heteroatoms. The highest BCUT2D eigenvalue weighted by atomic mass is 19.1. The van der Waals surface area contributed by atoms with Crippen LogP contribution in [0.3, 0.4) is 0 Å². The van der Waals surface area contributed by atoms with Crippen molar-refractivity contribution in [2.45, 2.75) is 12.8 Å². The van der Waals surface area contributed by atoms with Gasteiger partial charge in [-0.1, -0.05) is 12.1 Å². The predicted molar refractivity (Wildman–Crippen MR) is 101 cm³/mol. The van der Waals surface area contributed by atoms with Gasteiger partial charge in [0.1, 0.15) is 5.82 Å². The van der Waals surface area contributed by atoms with Crippen LogP contribution < -0.4 is 15.5 Å². The highest BCUT2D eigenvalue weighted by molar-refractivity contribution is 5.62. The summed E-state index contributed by atoms with van der Waals surface area (Å²) in [5.41, 5.74) is 2.45. The molecule has 0 amide bonds. The topological polar surface area (TPSA) is 66.0 Å². The molecular weight excluding hydrogens is 331 g/mol. The Morgan fingerprint density at radius 1 is 0.923 bits per heavy atom. The van der Waals surface area contributed by atoms with Crippen molar-refractivity contribution in [2.24, 2.45) is 0 Å². The Balaban J connectivity index is 1.46. The van der Waals surface area contributed by atoms with E-state index in [0.717, 1.165) is 18.8 Å². The molecule has 3 aromatic rings. The molecule has 26 heavy (non-hydrogen) atoms. The van der Waals surface area contributed by atoms with Crippen molar-refractivity contribution in [3.05, 3.63) is 60.5 Å². The van der Waals surface area contributed by atoms with Crippen LogP contribution in [0.2, 0.25) is 0 Å². The number of rotatable bonds is 5. The third-order valence-corrected chi connectivity index (χ3v) is 4.29. The largest absolute Gasteiger partial charge is 0.372 e. The molecule has 0 spiro atoms. The summed E-state index contributed by atoms with van der Waals surface area (Å²) in [6, 6.07) is 14.6. The van der Waals surface area contributed by atoms with Crippen LogP contribution in [0.5, 0.6) is 0 Å². The normalized spacial score (nSPS) is 13.7. The minimum Gasteiger partial charge on any atom is -0.372 e. The summed E-state index contributed by atoms with van der Waals surface area (Å²) in [6.45, 7) is 2.24. The summed E-state index contributed by atoms with van der Waals surface area (Å²) in [5.74, 6) is 0.397. The second-order valence-electron chi connectivity index (χ2n) is 6.14. The summed E-state index contributed by atoms with van der Waals surface area (Å²) in [4.78, 5) is 6.71. The van der Waals surface area contributed by atoms with E-state index in [9.17, 15) is 4.39 Å². The van der Waals surface area contributed by atoms with Gasteiger partial charge in [0.25, 0.3) is 0 Å². The number of aromatic nitrogens is 3. The van der Waals surface area contributed by atoms with E-state index in [1.165, 1.54) is 30.8 Å². The quantitative estimate of drug-likeness (QED) is 0.722. The molecule has 0 unspecified atom stereocenters. The minimum atomic E-state index is -0.369. The average Bonchev–Trinajstić information content (AvgIpc) is 3.19. The predicted octanol–water partition coefficient (Wildman–Crippen LogP) is 4.10. The van der Waals surface area contributed by atoms with Crippen LogP contribution in [0.15, 0.2) is 54.7 Å². The molecule has 6 nitrogen and oxygen atoms in total. The molecule has 1 aliphatic heterocycles. The summed E-state index contributed by atoms with van der Waals surface area (Å²) in [7, 11) is 0. The van der Waals surface area contributed by atoms with Gasteiger partial charge < -0.3 is 15.5 Å². The van der Waals surface area contributed by atoms with Gasteiger partial charge in [-0.3, -0.25) is 0 Å². The van der Waals surface area contributed by atoms with Gasteiger partial charge in [-0.15, -0.1) is 5.10 Å². The van der Waals surface area contributed by atoms with Crippen molar-refractivity contribution in [2.75, 3.05) is 28.6 Å². The van der Waals surface area contributed by atoms with Gasteiger partial charge >= 0.3 is 0 Å². The molecule has 1 aromatic heterocycles. The van der Waals surface area contributed by atoms with Crippen LogP contribution in [0, 0.1) is 5.82 Å². The van der Waals surface area contributed by atoms with Crippen molar-refractivity contribution in [3.63, 3.8) is 0 Å². The molecule has 0 atom stereocenters. The molecule has 132 valence electrons. The fourth-order valence-electron chi connectivity index (χ4n) is 2.98. The van der Waals surface area contributed by atoms with Crippen molar-refractivity contribution < 1.29 is 4.39 Å². The van der Waals surface area contributed by atoms with Gasteiger partial charge in [-0.2, -0.15) is 10.1 Å². The van der Waals surface area contributed by atoms with E-state index in [-0.39, 0.29) is 11.8 Å². The number of anilines is 5. The Hall–Kier alpha value is -3.22. The average molecular weight is 350 g/mol. The van der Waals surface area contributed by atoms with E-state index in [1.807, 2.05) is 12.1 Å². The lowest BCUT2D eigenvalue weighted by molar-refractivity contribution is 0.631. The Labute approximate surface area is 151 Å². The summed E-state index contributed by atoms with van der Waals surface area (Å²) in [5, 5.41) is 13.9. The number of hydrogen-bond donors (Lipinski definition) is 2. The lowest BCUT2D eigenvalue weighted by Gasteiger charge is -2.17. The number of halogens is 1. The van der Waals surface area contributed by atoms with Gasteiger partial charge in [-0.25, -0.2) is 4.39 Å². The van der Waals surface area contributed by atoms with E-state index in [2.05, 4.69) is 42.8 Å². The lowest BCUT2D eigenvalue weighted by Crippen LogP contribution is -2.17. The van der Waals surface area contributed by atoms with Crippen LogP contribution in [0.4, 0.5) is 33.2 Å². The molecule has 0 radical (unpaired) electrons. The maximum atomic E-state index is 13.7. The minimum absolute atomic E-state index is 0.230. The third-order valence-electron chi connectivity index (χ3n) is 4.29. The van der Waals surface area contributed by atoms with Crippen LogP contribution in [-0.2, 0) is 0 Å². The molecule has 0 saturated carbocycles. The SMILES string of the molecule is Fc1ccccc1Nc1nncc(Nc2ccc(N3CCCC3)cc2)n1. The van der Waals surface area contributed by atoms with E-state index < -0.39 is 0 Å². The highest BCUT2D eigenvalue weighted by Gasteiger charge is 2.12. The van der Waals surface area contributed by atoms with E-state index >= 15 is 0 Å². The zero-order valence-corrected chi connectivity index (χ0v) is 14.2. The Kier molecular flexibility index (Phi) is 4.59. The summed E-state index contributed by atoms with van der Waals surface area (Å²) in [6.07, 6.45) is 4.04. The molecule has 4 rings (SSSR count).